The van der Waals surface area contributed by atoms with Crippen LogP contribution in [0.15, 0.2) is 59.0 Å². The average molecular weight is 409 g/mol. The SMILES string of the molecule is CC(NC(=O)C(=O)Nc1ccc(OCCCN(C)C)cc1)c1cc2ccccc2o1. The second kappa shape index (κ2) is 9.93. The first-order valence-corrected chi connectivity index (χ1v) is 9.90. The monoisotopic (exact) mass is 409 g/mol. The fraction of sp³-hybridized carbons (Fsp3) is 0.304. The van der Waals surface area contributed by atoms with Gasteiger partial charge in [0.2, 0.25) is 0 Å². The lowest BCUT2D eigenvalue weighted by Crippen LogP contribution is -2.36. The van der Waals surface area contributed by atoms with E-state index in [0.717, 1.165) is 29.7 Å². The van der Waals surface area contributed by atoms with Crippen LogP contribution in [0.4, 0.5) is 5.69 Å². The van der Waals surface area contributed by atoms with Crippen molar-refractivity contribution in [3.8, 4) is 5.75 Å². The molecule has 0 aliphatic carbocycles. The van der Waals surface area contributed by atoms with Crippen molar-refractivity contribution in [2.24, 2.45) is 0 Å². The van der Waals surface area contributed by atoms with Crippen molar-refractivity contribution in [1.29, 1.82) is 0 Å². The summed E-state index contributed by atoms with van der Waals surface area (Å²) in [4.78, 5) is 26.6. The highest BCUT2D eigenvalue weighted by Gasteiger charge is 2.19. The molecule has 30 heavy (non-hydrogen) atoms. The largest absolute Gasteiger partial charge is 0.494 e. The molecular weight excluding hydrogens is 382 g/mol. The van der Waals surface area contributed by atoms with Gasteiger partial charge in [-0.15, -0.1) is 0 Å². The van der Waals surface area contributed by atoms with Gasteiger partial charge in [-0.1, -0.05) is 18.2 Å². The molecule has 7 nitrogen and oxygen atoms in total. The number of rotatable bonds is 8. The molecule has 1 heterocycles. The highest BCUT2D eigenvalue weighted by atomic mass is 16.5. The van der Waals surface area contributed by atoms with Crippen LogP contribution >= 0.6 is 0 Å². The van der Waals surface area contributed by atoms with E-state index < -0.39 is 17.9 Å². The second-order valence-corrected chi connectivity index (χ2v) is 7.37. The van der Waals surface area contributed by atoms with Crippen LogP contribution in [-0.4, -0.2) is 44.0 Å². The minimum Gasteiger partial charge on any atom is -0.494 e. The summed E-state index contributed by atoms with van der Waals surface area (Å²) in [5.41, 5.74) is 1.26. The van der Waals surface area contributed by atoms with E-state index in [1.807, 2.05) is 44.4 Å². The summed E-state index contributed by atoms with van der Waals surface area (Å²) in [7, 11) is 4.04. The van der Waals surface area contributed by atoms with Crippen molar-refractivity contribution < 1.29 is 18.7 Å². The lowest BCUT2D eigenvalue weighted by Gasteiger charge is -2.12. The number of para-hydroxylation sites is 1. The van der Waals surface area contributed by atoms with Gasteiger partial charge < -0.3 is 24.7 Å². The summed E-state index contributed by atoms with van der Waals surface area (Å²) in [6.07, 6.45) is 0.926. The lowest BCUT2D eigenvalue weighted by molar-refractivity contribution is -0.136. The Morgan fingerprint density at radius 1 is 1.07 bits per heavy atom. The van der Waals surface area contributed by atoms with Crippen molar-refractivity contribution in [3.05, 3.63) is 60.4 Å². The maximum absolute atomic E-state index is 12.2. The topological polar surface area (TPSA) is 83.8 Å². The molecule has 0 aliphatic rings. The molecule has 7 heteroatoms. The maximum Gasteiger partial charge on any atom is 0.313 e. The Morgan fingerprint density at radius 2 is 1.80 bits per heavy atom. The van der Waals surface area contributed by atoms with Crippen LogP contribution in [0.5, 0.6) is 5.75 Å². The fourth-order valence-electron chi connectivity index (χ4n) is 2.94. The molecule has 0 radical (unpaired) electrons. The second-order valence-electron chi connectivity index (χ2n) is 7.37. The number of nitrogens with zero attached hydrogens (tertiary/aromatic N) is 1. The third kappa shape index (κ3) is 5.84. The van der Waals surface area contributed by atoms with E-state index in [1.165, 1.54) is 0 Å². The molecule has 2 aromatic carbocycles. The van der Waals surface area contributed by atoms with Crippen LogP contribution in [0.1, 0.15) is 25.1 Å². The molecule has 0 fully saturated rings. The van der Waals surface area contributed by atoms with Crippen LogP contribution in [0.2, 0.25) is 0 Å². The minimum atomic E-state index is -0.738. The number of ether oxygens (including phenoxy) is 1. The van der Waals surface area contributed by atoms with E-state index in [2.05, 4.69) is 15.5 Å². The Balaban J connectivity index is 1.49. The van der Waals surface area contributed by atoms with Gasteiger partial charge >= 0.3 is 11.8 Å². The van der Waals surface area contributed by atoms with Crippen LogP contribution < -0.4 is 15.4 Å². The number of hydrogen-bond acceptors (Lipinski definition) is 5. The highest BCUT2D eigenvalue weighted by molar-refractivity contribution is 6.39. The van der Waals surface area contributed by atoms with Crippen molar-refractivity contribution in [3.63, 3.8) is 0 Å². The van der Waals surface area contributed by atoms with Crippen molar-refractivity contribution >= 4 is 28.5 Å². The maximum atomic E-state index is 12.2. The Morgan fingerprint density at radius 3 is 2.50 bits per heavy atom. The lowest BCUT2D eigenvalue weighted by atomic mass is 10.2. The van der Waals surface area contributed by atoms with Gasteiger partial charge in [0, 0.05) is 17.6 Å². The third-order valence-electron chi connectivity index (χ3n) is 4.56. The van der Waals surface area contributed by atoms with E-state index >= 15 is 0 Å². The first kappa shape index (κ1) is 21.4. The molecule has 0 aliphatic heterocycles. The van der Waals surface area contributed by atoms with E-state index in [9.17, 15) is 9.59 Å². The summed E-state index contributed by atoms with van der Waals surface area (Å²) in [5, 5.41) is 6.20. The quantitative estimate of drug-likeness (QED) is 0.439. The summed E-state index contributed by atoms with van der Waals surface area (Å²) in [6.45, 7) is 3.34. The Labute approximate surface area is 176 Å². The third-order valence-corrected chi connectivity index (χ3v) is 4.56. The molecule has 0 saturated carbocycles. The molecule has 3 aromatic rings. The summed E-state index contributed by atoms with van der Waals surface area (Å²) in [5.74, 6) is -0.160. The number of hydrogen-bond donors (Lipinski definition) is 2. The fourth-order valence-corrected chi connectivity index (χ4v) is 2.94. The molecule has 0 bridgehead atoms. The van der Waals surface area contributed by atoms with Gasteiger partial charge in [0.15, 0.2) is 0 Å². The van der Waals surface area contributed by atoms with Crippen molar-refractivity contribution in [2.75, 3.05) is 32.6 Å². The van der Waals surface area contributed by atoms with E-state index in [0.29, 0.717) is 18.1 Å². The van der Waals surface area contributed by atoms with Gasteiger partial charge in [0.1, 0.15) is 17.1 Å². The van der Waals surface area contributed by atoms with Gasteiger partial charge in [-0.3, -0.25) is 9.59 Å². The molecule has 0 spiro atoms. The number of amides is 2. The number of carbonyl (C=O) groups excluding carboxylic acids is 2. The summed E-state index contributed by atoms with van der Waals surface area (Å²) < 4.78 is 11.4. The van der Waals surface area contributed by atoms with Crippen molar-refractivity contribution in [2.45, 2.75) is 19.4 Å². The Hall–Kier alpha value is -3.32. The van der Waals surface area contributed by atoms with Crippen LogP contribution in [0, 0.1) is 0 Å². The predicted molar refractivity (Wildman–Crippen MR) is 117 cm³/mol. The first-order chi connectivity index (χ1) is 14.4. The number of anilines is 1. The Bertz CT molecular complexity index is 962. The Kier molecular flexibility index (Phi) is 7.08. The minimum absolute atomic E-state index is 0.436. The molecule has 1 unspecified atom stereocenters. The van der Waals surface area contributed by atoms with Gasteiger partial charge in [0.25, 0.3) is 0 Å². The van der Waals surface area contributed by atoms with Crippen LogP contribution in [0.3, 0.4) is 0 Å². The zero-order chi connectivity index (χ0) is 21.5. The smallest absolute Gasteiger partial charge is 0.313 e. The van der Waals surface area contributed by atoms with E-state index in [4.69, 9.17) is 9.15 Å². The number of furan rings is 1. The van der Waals surface area contributed by atoms with Gasteiger partial charge in [-0.25, -0.2) is 0 Å². The molecule has 2 amide bonds. The highest BCUT2D eigenvalue weighted by Crippen LogP contribution is 2.23. The van der Waals surface area contributed by atoms with E-state index in [1.54, 1.807) is 31.2 Å². The van der Waals surface area contributed by atoms with Gasteiger partial charge in [-0.2, -0.15) is 0 Å². The predicted octanol–water partition coefficient (Wildman–Crippen LogP) is 3.58. The van der Waals surface area contributed by atoms with Crippen molar-refractivity contribution in [1.82, 2.24) is 10.2 Å². The standard InChI is InChI=1S/C23H27N3O4/c1-16(21-15-17-7-4-5-8-20(17)30-21)24-22(27)23(28)25-18-9-11-19(12-10-18)29-14-6-13-26(2)3/h4-5,7-12,15-16H,6,13-14H2,1-3H3,(H,24,27)(H,25,28). The molecule has 1 aromatic heterocycles. The summed E-state index contributed by atoms with van der Waals surface area (Å²) >= 11 is 0. The first-order valence-electron chi connectivity index (χ1n) is 9.90. The van der Waals surface area contributed by atoms with E-state index in [-0.39, 0.29) is 0 Å². The van der Waals surface area contributed by atoms with Crippen LogP contribution in [-0.2, 0) is 9.59 Å². The number of nitrogens with one attached hydrogen (secondary N) is 2. The summed E-state index contributed by atoms with van der Waals surface area (Å²) in [6, 6.07) is 15.9. The van der Waals surface area contributed by atoms with Gasteiger partial charge in [-0.05, 0) is 63.8 Å². The van der Waals surface area contributed by atoms with Gasteiger partial charge in [0.05, 0.1) is 12.6 Å². The molecule has 2 N–H and O–H groups in total. The molecule has 158 valence electrons. The molecule has 1 atom stereocenters. The molecule has 3 rings (SSSR count). The molecular formula is C23H27N3O4. The zero-order valence-corrected chi connectivity index (χ0v) is 17.5. The molecule has 0 saturated heterocycles. The number of carbonyl (C=O) groups is 2. The average Bonchev–Trinajstić information content (AvgIpc) is 3.16. The zero-order valence-electron chi connectivity index (χ0n) is 17.5. The normalized spacial score (nSPS) is 12.0. The van der Waals surface area contributed by atoms with Crippen LogP contribution in [0.25, 0.3) is 11.0 Å². The number of fused-ring (bicyclic) bond motifs is 1. The number of benzene rings is 2.